The topological polar surface area (TPSA) is 41.1 Å². The molecule has 1 aliphatic rings. The van der Waals surface area contributed by atoms with Crippen LogP contribution in [0.2, 0.25) is 0 Å². The summed E-state index contributed by atoms with van der Waals surface area (Å²) in [7, 11) is 1.73. The predicted octanol–water partition coefficient (Wildman–Crippen LogP) is 2.08. The van der Waals surface area contributed by atoms with E-state index in [4.69, 9.17) is 0 Å². The van der Waals surface area contributed by atoms with Crippen LogP contribution >= 0.6 is 0 Å². The lowest BCUT2D eigenvalue weighted by molar-refractivity contribution is -0.195. The van der Waals surface area contributed by atoms with Gasteiger partial charge in [0.2, 0.25) is 5.91 Å². The summed E-state index contributed by atoms with van der Waals surface area (Å²) in [6, 6.07) is 0. The molecule has 0 spiro atoms. The van der Waals surface area contributed by atoms with Gasteiger partial charge in [0.25, 0.3) is 0 Å². The molecule has 6 heteroatoms. The summed E-state index contributed by atoms with van der Waals surface area (Å²) in [4.78, 5) is 11.4. The third kappa shape index (κ3) is 4.84. The van der Waals surface area contributed by atoms with E-state index in [1.54, 1.807) is 7.05 Å². The van der Waals surface area contributed by atoms with Gasteiger partial charge < -0.3 is 10.6 Å². The first kappa shape index (κ1) is 15.3. The Labute approximate surface area is 106 Å². The number of hydrogen-bond donors (Lipinski definition) is 2. The number of hydrogen-bond acceptors (Lipinski definition) is 2. The van der Waals surface area contributed by atoms with Gasteiger partial charge >= 0.3 is 6.18 Å². The highest BCUT2D eigenvalue weighted by molar-refractivity contribution is 5.76. The van der Waals surface area contributed by atoms with Crippen molar-refractivity contribution >= 4 is 5.91 Å². The molecular weight excluding hydrogens is 245 g/mol. The van der Waals surface area contributed by atoms with Gasteiger partial charge in [0.05, 0.1) is 5.92 Å². The number of amides is 1. The van der Waals surface area contributed by atoms with Crippen molar-refractivity contribution in [2.45, 2.75) is 38.3 Å². The molecule has 0 radical (unpaired) electrons. The Morgan fingerprint density at radius 2 is 1.94 bits per heavy atom. The largest absolute Gasteiger partial charge is 0.392 e. The fourth-order valence-corrected chi connectivity index (χ4v) is 2.45. The minimum atomic E-state index is -4.14. The Hall–Kier alpha value is -0.780. The monoisotopic (exact) mass is 266 g/mol. The lowest BCUT2D eigenvalue weighted by Gasteiger charge is -2.33. The summed E-state index contributed by atoms with van der Waals surface area (Å²) in [6.07, 6.45) is -1.63. The first-order valence-corrected chi connectivity index (χ1v) is 6.43. The number of nitrogens with one attached hydrogen (secondary N) is 2. The van der Waals surface area contributed by atoms with Crippen molar-refractivity contribution in [3.05, 3.63) is 0 Å². The molecule has 0 heterocycles. The second-order valence-corrected chi connectivity index (χ2v) is 4.85. The molecule has 2 unspecified atom stereocenters. The zero-order valence-electron chi connectivity index (χ0n) is 10.6. The number of rotatable bonds is 5. The van der Waals surface area contributed by atoms with E-state index in [0.717, 1.165) is 6.42 Å². The number of alkyl halides is 3. The Morgan fingerprint density at radius 3 is 2.56 bits per heavy atom. The highest BCUT2D eigenvalue weighted by Gasteiger charge is 2.45. The highest BCUT2D eigenvalue weighted by Crippen LogP contribution is 2.41. The number of carbonyl (C=O) groups is 1. The van der Waals surface area contributed by atoms with Crippen molar-refractivity contribution in [3.8, 4) is 0 Å². The molecule has 1 aliphatic carbocycles. The minimum absolute atomic E-state index is 0.146. The van der Waals surface area contributed by atoms with E-state index in [1.165, 1.54) is 0 Å². The van der Waals surface area contributed by atoms with E-state index < -0.39 is 18.0 Å². The van der Waals surface area contributed by atoms with Crippen LogP contribution in [0, 0.1) is 11.8 Å². The maximum absolute atomic E-state index is 12.8. The van der Waals surface area contributed by atoms with Crippen molar-refractivity contribution in [2.75, 3.05) is 20.1 Å². The standard InChI is InChI=1S/C12H21F3N2O/c1-16-7-6-11(18)17-8-9-4-2-3-5-10(9)12(13,14)15/h9-10,16H,2-8H2,1H3,(H,17,18). The molecule has 0 saturated heterocycles. The van der Waals surface area contributed by atoms with E-state index >= 15 is 0 Å². The normalized spacial score (nSPS) is 24.9. The molecule has 1 rings (SSSR count). The van der Waals surface area contributed by atoms with Crippen LogP contribution in [-0.2, 0) is 4.79 Å². The fourth-order valence-electron chi connectivity index (χ4n) is 2.45. The molecule has 0 aromatic carbocycles. The summed E-state index contributed by atoms with van der Waals surface area (Å²) in [5, 5.41) is 5.44. The first-order chi connectivity index (χ1) is 8.45. The van der Waals surface area contributed by atoms with Gasteiger partial charge in [0, 0.05) is 19.5 Å². The van der Waals surface area contributed by atoms with Gasteiger partial charge in [-0.3, -0.25) is 4.79 Å². The van der Waals surface area contributed by atoms with Crippen LogP contribution < -0.4 is 10.6 Å². The van der Waals surface area contributed by atoms with Crippen LogP contribution in [-0.4, -0.2) is 32.2 Å². The zero-order chi connectivity index (χ0) is 13.6. The fraction of sp³-hybridized carbons (Fsp3) is 0.917. The lowest BCUT2D eigenvalue weighted by Crippen LogP contribution is -2.40. The molecule has 0 bridgehead atoms. The summed E-state index contributed by atoms with van der Waals surface area (Å²) in [6.45, 7) is 0.686. The van der Waals surface area contributed by atoms with Gasteiger partial charge in [-0.25, -0.2) is 0 Å². The molecule has 2 atom stereocenters. The average Bonchev–Trinajstić information content (AvgIpc) is 2.33. The summed E-state index contributed by atoms with van der Waals surface area (Å²) < 4.78 is 38.4. The molecule has 106 valence electrons. The van der Waals surface area contributed by atoms with Crippen molar-refractivity contribution in [3.63, 3.8) is 0 Å². The predicted molar refractivity (Wildman–Crippen MR) is 63.1 cm³/mol. The Bertz CT molecular complexity index is 269. The zero-order valence-corrected chi connectivity index (χ0v) is 10.6. The van der Waals surface area contributed by atoms with Crippen molar-refractivity contribution < 1.29 is 18.0 Å². The molecule has 3 nitrogen and oxygen atoms in total. The van der Waals surface area contributed by atoms with Crippen LogP contribution in [0.3, 0.4) is 0 Å². The van der Waals surface area contributed by atoms with Crippen LogP contribution in [0.1, 0.15) is 32.1 Å². The first-order valence-electron chi connectivity index (χ1n) is 6.43. The third-order valence-electron chi connectivity index (χ3n) is 3.49. The van der Waals surface area contributed by atoms with Gasteiger partial charge in [-0.2, -0.15) is 13.2 Å². The maximum atomic E-state index is 12.8. The highest BCUT2D eigenvalue weighted by atomic mass is 19.4. The number of halogens is 3. The van der Waals surface area contributed by atoms with E-state index in [0.29, 0.717) is 25.8 Å². The molecule has 1 fully saturated rings. The SMILES string of the molecule is CNCCC(=O)NCC1CCCCC1C(F)(F)F. The van der Waals surface area contributed by atoms with E-state index in [2.05, 4.69) is 10.6 Å². The molecular formula is C12H21F3N2O. The summed E-state index contributed by atoms with van der Waals surface area (Å²) in [5.41, 5.74) is 0. The molecule has 0 aliphatic heterocycles. The van der Waals surface area contributed by atoms with Gasteiger partial charge in [-0.1, -0.05) is 12.8 Å². The number of carbonyl (C=O) groups excluding carboxylic acids is 1. The second kappa shape index (κ2) is 6.97. The summed E-state index contributed by atoms with van der Waals surface area (Å²) in [5.74, 6) is -1.90. The van der Waals surface area contributed by atoms with E-state index in [1.807, 2.05) is 0 Å². The van der Waals surface area contributed by atoms with Crippen molar-refractivity contribution in [1.82, 2.24) is 10.6 Å². The van der Waals surface area contributed by atoms with Crippen molar-refractivity contribution in [2.24, 2.45) is 11.8 Å². The summed E-state index contributed by atoms with van der Waals surface area (Å²) >= 11 is 0. The van der Waals surface area contributed by atoms with Gasteiger partial charge in [0.15, 0.2) is 0 Å². The average molecular weight is 266 g/mol. The molecule has 18 heavy (non-hydrogen) atoms. The smallest absolute Gasteiger partial charge is 0.356 e. The Kier molecular flexibility index (Phi) is 5.91. The maximum Gasteiger partial charge on any atom is 0.392 e. The minimum Gasteiger partial charge on any atom is -0.356 e. The van der Waals surface area contributed by atoms with E-state index in [9.17, 15) is 18.0 Å². The second-order valence-electron chi connectivity index (χ2n) is 4.85. The molecule has 1 amide bonds. The van der Waals surface area contributed by atoms with Gasteiger partial charge in [-0.15, -0.1) is 0 Å². The Morgan fingerprint density at radius 1 is 1.28 bits per heavy atom. The van der Waals surface area contributed by atoms with Gasteiger partial charge in [-0.05, 0) is 25.8 Å². The van der Waals surface area contributed by atoms with Crippen molar-refractivity contribution in [1.29, 1.82) is 0 Å². The molecule has 0 aromatic rings. The Balaban J connectivity index is 2.40. The van der Waals surface area contributed by atoms with Crippen LogP contribution in [0.4, 0.5) is 13.2 Å². The van der Waals surface area contributed by atoms with E-state index in [-0.39, 0.29) is 18.9 Å². The molecule has 2 N–H and O–H groups in total. The van der Waals surface area contributed by atoms with Crippen LogP contribution in [0.25, 0.3) is 0 Å². The third-order valence-corrected chi connectivity index (χ3v) is 3.49. The van der Waals surface area contributed by atoms with Gasteiger partial charge in [0.1, 0.15) is 0 Å². The quantitative estimate of drug-likeness (QED) is 0.800. The molecule has 0 aromatic heterocycles. The van der Waals surface area contributed by atoms with Crippen LogP contribution in [0.15, 0.2) is 0 Å². The lowest BCUT2D eigenvalue weighted by atomic mass is 9.78. The molecule has 1 saturated carbocycles. The van der Waals surface area contributed by atoms with Crippen LogP contribution in [0.5, 0.6) is 0 Å².